The molecule has 446 valence electrons. The Morgan fingerprint density at radius 3 is 0.792 bits per heavy atom. The number of unbranched alkanes of at least 4 members (excludes halogenated alkanes) is 38. The van der Waals surface area contributed by atoms with Crippen LogP contribution >= 0.6 is 0 Å². The maximum Gasteiger partial charge on any atom is 0.306 e. The molecular formula is C71H126O6. The summed E-state index contributed by atoms with van der Waals surface area (Å²) in [4.78, 5) is 38.4. The third-order valence-corrected chi connectivity index (χ3v) is 14.7. The Morgan fingerprint density at radius 1 is 0.273 bits per heavy atom. The van der Waals surface area contributed by atoms with E-state index >= 15 is 0 Å². The van der Waals surface area contributed by atoms with Crippen LogP contribution in [0.15, 0.2) is 72.9 Å². The largest absolute Gasteiger partial charge is 0.462 e. The number of allylic oxidation sites excluding steroid dienone is 12. The second kappa shape index (κ2) is 65.4. The maximum absolute atomic E-state index is 12.9. The molecule has 0 N–H and O–H groups in total. The normalized spacial score (nSPS) is 12.5. The van der Waals surface area contributed by atoms with Gasteiger partial charge in [0.05, 0.1) is 0 Å². The highest BCUT2D eigenvalue weighted by molar-refractivity contribution is 5.71. The lowest BCUT2D eigenvalue weighted by atomic mass is 10.0. The molecule has 0 fully saturated rings. The van der Waals surface area contributed by atoms with Crippen molar-refractivity contribution >= 4 is 17.9 Å². The summed E-state index contributed by atoms with van der Waals surface area (Å²) in [6.07, 6.45) is 84.8. The molecule has 0 saturated carbocycles. The van der Waals surface area contributed by atoms with E-state index in [0.717, 1.165) is 96.3 Å². The molecule has 0 bridgehead atoms. The standard InChI is InChI=1S/C71H126O6/c1-4-7-10-13-16-19-22-25-28-30-32-34-35-37-38-40-43-46-49-52-55-58-61-64-70(73)76-67-68(66-75-69(72)63-60-57-54-51-48-45-42-27-24-21-18-15-12-9-6-3)77-71(74)65-62-59-56-53-50-47-44-41-39-36-33-31-29-26-23-20-17-14-11-8-5-2/h8,11,17,20,22,25-26,29-30,32-33,36,68H,4-7,9-10,12-16,18-19,21,23-24,27-28,31,34-35,37-67H2,1-3H3/b11-8-,20-17-,25-22-,29-26-,32-30-,36-33-. The van der Waals surface area contributed by atoms with Crippen LogP contribution < -0.4 is 0 Å². The summed E-state index contributed by atoms with van der Waals surface area (Å²) in [5, 5.41) is 0. The van der Waals surface area contributed by atoms with E-state index in [0.29, 0.717) is 19.3 Å². The van der Waals surface area contributed by atoms with E-state index in [1.165, 1.54) is 205 Å². The van der Waals surface area contributed by atoms with Gasteiger partial charge in [-0.2, -0.15) is 0 Å². The number of hydrogen-bond acceptors (Lipinski definition) is 6. The summed E-state index contributed by atoms with van der Waals surface area (Å²) in [6, 6.07) is 0. The molecule has 0 spiro atoms. The van der Waals surface area contributed by atoms with Crippen molar-refractivity contribution in [3.8, 4) is 0 Å². The van der Waals surface area contributed by atoms with Gasteiger partial charge in [-0.25, -0.2) is 0 Å². The van der Waals surface area contributed by atoms with Gasteiger partial charge in [0, 0.05) is 19.3 Å². The maximum atomic E-state index is 12.9. The Morgan fingerprint density at radius 2 is 0.506 bits per heavy atom. The Kier molecular flexibility index (Phi) is 62.7. The van der Waals surface area contributed by atoms with E-state index in [-0.39, 0.29) is 31.1 Å². The van der Waals surface area contributed by atoms with E-state index in [1.54, 1.807) is 0 Å². The summed E-state index contributed by atoms with van der Waals surface area (Å²) in [6.45, 7) is 6.56. The zero-order valence-corrected chi connectivity index (χ0v) is 51.2. The Bertz CT molecular complexity index is 1420. The van der Waals surface area contributed by atoms with Crippen LogP contribution in [-0.4, -0.2) is 37.2 Å². The van der Waals surface area contributed by atoms with Crippen LogP contribution in [0.2, 0.25) is 0 Å². The van der Waals surface area contributed by atoms with Gasteiger partial charge in [0.25, 0.3) is 0 Å². The molecule has 6 heteroatoms. The Hall–Kier alpha value is -3.15. The van der Waals surface area contributed by atoms with Crippen LogP contribution in [-0.2, 0) is 28.6 Å². The topological polar surface area (TPSA) is 78.9 Å². The zero-order chi connectivity index (χ0) is 55.7. The molecule has 0 aromatic heterocycles. The SMILES string of the molecule is CC/C=C\C/C=C\C/C=C\C/C=C\CCCCCCCCCCC(=O)OC(COC(=O)CCCCCCCCCCCCC/C=C\C/C=C\CCCCCCC)COC(=O)CCCCCCCCCCCCCCCCC. The van der Waals surface area contributed by atoms with Crippen LogP contribution in [0.3, 0.4) is 0 Å². The molecule has 0 aliphatic heterocycles. The first-order valence-corrected chi connectivity index (χ1v) is 33.4. The van der Waals surface area contributed by atoms with Crippen LogP contribution in [0, 0.1) is 0 Å². The quantitative estimate of drug-likeness (QED) is 0.0261. The highest BCUT2D eigenvalue weighted by atomic mass is 16.6. The summed E-state index contributed by atoms with van der Waals surface area (Å²) in [7, 11) is 0. The average Bonchev–Trinajstić information content (AvgIpc) is 3.43. The van der Waals surface area contributed by atoms with E-state index in [9.17, 15) is 14.4 Å². The number of hydrogen-bond donors (Lipinski definition) is 0. The summed E-state index contributed by atoms with van der Waals surface area (Å²) < 4.78 is 17.0. The van der Waals surface area contributed by atoms with Gasteiger partial charge in [-0.15, -0.1) is 0 Å². The number of ether oxygens (including phenoxy) is 3. The van der Waals surface area contributed by atoms with Crippen LogP contribution in [0.5, 0.6) is 0 Å². The van der Waals surface area contributed by atoms with Crippen LogP contribution in [0.4, 0.5) is 0 Å². The van der Waals surface area contributed by atoms with Gasteiger partial charge in [-0.1, -0.05) is 306 Å². The van der Waals surface area contributed by atoms with Gasteiger partial charge in [0.2, 0.25) is 0 Å². The lowest BCUT2D eigenvalue weighted by Crippen LogP contribution is -2.30. The molecule has 1 atom stereocenters. The highest BCUT2D eigenvalue weighted by Crippen LogP contribution is 2.17. The monoisotopic (exact) mass is 1070 g/mol. The average molecular weight is 1080 g/mol. The molecule has 0 rings (SSSR count). The molecular weight excluding hydrogens is 949 g/mol. The minimum absolute atomic E-state index is 0.0757. The van der Waals surface area contributed by atoms with E-state index in [1.807, 2.05) is 0 Å². The second-order valence-electron chi connectivity index (χ2n) is 22.4. The fourth-order valence-electron chi connectivity index (χ4n) is 9.70. The van der Waals surface area contributed by atoms with Crippen molar-refractivity contribution in [3.05, 3.63) is 72.9 Å². The summed E-state index contributed by atoms with van der Waals surface area (Å²) in [5.74, 6) is -0.867. The third-order valence-electron chi connectivity index (χ3n) is 14.7. The third kappa shape index (κ3) is 63.6. The zero-order valence-electron chi connectivity index (χ0n) is 51.2. The number of carbonyl (C=O) groups excluding carboxylic acids is 3. The predicted octanol–water partition coefficient (Wildman–Crippen LogP) is 22.9. The minimum atomic E-state index is -0.781. The first-order chi connectivity index (χ1) is 38.0. The van der Waals surface area contributed by atoms with Gasteiger partial charge in [0.1, 0.15) is 13.2 Å². The lowest BCUT2D eigenvalue weighted by Gasteiger charge is -2.18. The number of rotatable bonds is 61. The number of carbonyl (C=O) groups is 3. The Labute approximate surface area is 478 Å². The van der Waals surface area contributed by atoms with Crippen LogP contribution in [0.1, 0.15) is 342 Å². The second-order valence-corrected chi connectivity index (χ2v) is 22.4. The molecule has 1 unspecified atom stereocenters. The van der Waals surface area contributed by atoms with Crippen molar-refractivity contribution in [1.82, 2.24) is 0 Å². The lowest BCUT2D eigenvalue weighted by molar-refractivity contribution is -0.167. The van der Waals surface area contributed by atoms with Crippen LogP contribution in [0.25, 0.3) is 0 Å². The molecule has 6 nitrogen and oxygen atoms in total. The molecule has 0 aliphatic carbocycles. The predicted molar refractivity (Wildman–Crippen MR) is 335 cm³/mol. The van der Waals surface area contributed by atoms with Crippen molar-refractivity contribution in [2.24, 2.45) is 0 Å². The number of esters is 3. The molecule has 0 aromatic carbocycles. The molecule has 0 amide bonds. The molecule has 77 heavy (non-hydrogen) atoms. The molecule has 0 radical (unpaired) electrons. The van der Waals surface area contributed by atoms with Gasteiger partial charge >= 0.3 is 17.9 Å². The first-order valence-electron chi connectivity index (χ1n) is 33.4. The fraction of sp³-hybridized carbons (Fsp3) is 0.789. The molecule has 0 aliphatic rings. The summed E-state index contributed by atoms with van der Waals surface area (Å²) >= 11 is 0. The smallest absolute Gasteiger partial charge is 0.306 e. The van der Waals surface area contributed by atoms with Gasteiger partial charge in [-0.3, -0.25) is 14.4 Å². The Balaban J connectivity index is 4.34. The van der Waals surface area contributed by atoms with E-state index in [2.05, 4.69) is 93.7 Å². The minimum Gasteiger partial charge on any atom is -0.462 e. The van der Waals surface area contributed by atoms with Gasteiger partial charge in [0.15, 0.2) is 6.10 Å². The van der Waals surface area contributed by atoms with Gasteiger partial charge < -0.3 is 14.2 Å². The van der Waals surface area contributed by atoms with E-state index in [4.69, 9.17) is 14.2 Å². The molecule has 0 saturated heterocycles. The van der Waals surface area contributed by atoms with E-state index < -0.39 is 6.10 Å². The van der Waals surface area contributed by atoms with Crippen molar-refractivity contribution < 1.29 is 28.6 Å². The highest BCUT2D eigenvalue weighted by Gasteiger charge is 2.19. The van der Waals surface area contributed by atoms with Gasteiger partial charge in [-0.05, 0) is 89.9 Å². The van der Waals surface area contributed by atoms with Crippen molar-refractivity contribution in [1.29, 1.82) is 0 Å². The summed E-state index contributed by atoms with van der Waals surface area (Å²) in [5.41, 5.74) is 0. The van der Waals surface area contributed by atoms with Crippen molar-refractivity contribution in [2.45, 2.75) is 348 Å². The first kappa shape index (κ1) is 73.8. The molecule has 0 aromatic rings. The van der Waals surface area contributed by atoms with Crippen molar-refractivity contribution in [2.75, 3.05) is 13.2 Å². The van der Waals surface area contributed by atoms with Crippen molar-refractivity contribution in [3.63, 3.8) is 0 Å². The fourth-order valence-corrected chi connectivity index (χ4v) is 9.70. The molecule has 0 heterocycles.